The molecule has 7 heteroatoms. The number of nitrogens with two attached hydrogens (primary N) is 1. The molecule has 1 saturated heterocycles. The molecule has 0 saturated carbocycles. The molecule has 2 heterocycles. The zero-order valence-corrected chi connectivity index (χ0v) is 13.0. The number of amides is 1. The topological polar surface area (TPSA) is 80.5 Å². The second-order valence-electron chi connectivity index (χ2n) is 5.44. The fourth-order valence-electron chi connectivity index (χ4n) is 2.00. The minimum atomic E-state index is -0.0484. The molecule has 0 aromatic carbocycles. The Morgan fingerprint density at radius 1 is 1.65 bits per heavy atom. The van der Waals surface area contributed by atoms with E-state index in [1.165, 1.54) is 11.3 Å². The number of carbonyl (C=O) groups is 1. The van der Waals surface area contributed by atoms with E-state index in [0.29, 0.717) is 41.4 Å². The van der Waals surface area contributed by atoms with E-state index < -0.39 is 0 Å². The molecule has 6 nitrogen and oxygen atoms in total. The molecular formula is C13H22N4O2S. The standard InChI is InChI=1S/C13H22N4O2S/c1-8(2)6-15-13-16-11(14)10(20-13)12(18)17-4-5-19-9(3)7-17/h8-9H,4-7,14H2,1-3H3,(H,15,16). The highest BCUT2D eigenvalue weighted by Gasteiger charge is 2.26. The third-order valence-corrected chi connectivity index (χ3v) is 4.05. The summed E-state index contributed by atoms with van der Waals surface area (Å²) in [5.74, 6) is 0.775. The van der Waals surface area contributed by atoms with Gasteiger partial charge in [-0.1, -0.05) is 25.2 Å². The summed E-state index contributed by atoms with van der Waals surface area (Å²) in [6.45, 7) is 8.79. The molecule has 0 spiro atoms. The van der Waals surface area contributed by atoms with Crippen LogP contribution in [-0.2, 0) is 4.74 Å². The van der Waals surface area contributed by atoms with E-state index in [4.69, 9.17) is 10.5 Å². The first-order chi connectivity index (χ1) is 9.47. The molecule has 112 valence electrons. The smallest absolute Gasteiger partial charge is 0.268 e. The van der Waals surface area contributed by atoms with Gasteiger partial charge in [0.05, 0.1) is 12.7 Å². The van der Waals surface area contributed by atoms with Crippen molar-refractivity contribution < 1.29 is 9.53 Å². The molecule has 1 atom stereocenters. The number of hydrogen-bond acceptors (Lipinski definition) is 6. The molecule has 3 N–H and O–H groups in total. The number of hydrogen-bond donors (Lipinski definition) is 2. The van der Waals surface area contributed by atoms with E-state index in [1.54, 1.807) is 4.90 Å². The van der Waals surface area contributed by atoms with E-state index in [2.05, 4.69) is 24.1 Å². The minimum absolute atomic E-state index is 0.0484. The first kappa shape index (κ1) is 15.1. The van der Waals surface area contributed by atoms with Crippen molar-refractivity contribution in [1.82, 2.24) is 9.88 Å². The van der Waals surface area contributed by atoms with Crippen molar-refractivity contribution in [3.8, 4) is 0 Å². The van der Waals surface area contributed by atoms with Crippen LogP contribution in [0.25, 0.3) is 0 Å². The fourth-order valence-corrected chi connectivity index (χ4v) is 2.86. The van der Waals surface area contributed by atoms with E-state index in [1.807, 2.05) is 6.92 Å². The number of aromatic nitrogens is 1. The van der Waals surface area contributed by atoms with Crippen molar-refractivity contribution in [2.24, 2.45) is 5.92 Å². The lowest BCUT2D eigenvalue weighted by atomic mass is 10.2. The van der Waals surface area contributed by atoms with Gasteiger partial charge in [-0.3, -0.25) is 4.79 Å². The lowest BCUT2D eigenvalue weighted by Crippen LogP contribution is -2.44. The Kier molecular flexibility index (Phi) is 4.82. The van der Waals surface area contributed by atoms with Crippen LogP contribution < -0.4 is 11.1 Å². The number of carbonyl (C=O) groups excluding carboxylic acids is 1. The zero-order valence-electron chi connectivity index (χ0n) is 12.2. The van der Waals surface area contributed by atoms with Crippen LogP contribution in [-0.4, -0.2) is 48.1 Å². The average Bonchev–Trinajstić information content (AvgIpc) is 2.77. The molecule has 20 heavy (non-hydrogen) atoms. The number of morpholine rings is 1. The van der Waals surface area contributed by atoms with Crippen molar-refractivity contribution in [1.29, 1.82) is 0 Å². The minimum Gasteiger partial charge on any atom is -0.382 e. The van der Waals surface area contributed by atoms with Crippen LogP contribution >= 0.6 is 11.3 Å². The van der Waals surface area contributed by atoms with Gasteiger partial charge in [0.15, 0.2) is 5.13 Å². The van der Waals surface area contributed by atoms with Crippen molar-refractivity contribution >= 4 is 28.2 Å². The molecule has 1 aromatic rings. The number of nitrogens with one attached hydrogen (secondary N) is 1. The van der Waals surface area contributed by atoms with Crippen molar-refractivity contribution in [2.45, 2.75) is 26.9 Å². The second-order valence-corrected chi connectivity index (χ2v) is 6.44. The van der Waals surface area contributed by atoms with Crippen molar-refractivity contribution in [3.05, 3.63) is 4.88 Å². The molecule has 0 radical (unpaired) electrons. The average molecular weight is 298 g/mol. The summed E-state index contributed by atoms with van der Waals surface area (Å²) in [7, 11) is 0. The van der Waals surface area contributed by atoms with Gasteiger partial charge in [0.2, 0.25) is 0 Å². The second kappa shape index (κ2) is 6.41. The van der Waals surface area contributed by atoms with Gasteiger partial charge < -0.3 is 20.7 Å². The maximum Gasteiger partial charge on any atom is 0.268 e. The molecule has 2 rings (SSSR count). The molecule has 0 bridgehead atoms. The molecule has 1 aliphatic heterocycles. The van der Waals surface area contributed by atoms with Crippen LogP contribution in [0.2, 0.25) is 0 Å². The van der Waals surface area contributed by atoms with Gasteiger partial charge in [0, 0.05) is 19.6 Å². The summed E-state index contributed by atoms with van der Waals surface area (Å²) >= 11 is 1.33. The van der Waals surface area contributed by atoms with E-state index in [0.717, 1.165) is 6.54 Å². The Morgan fingerprint density at radius 3 is 3.05 bits per heavy atom. The Morgan fingerprint density at radius 2 is 2.40 bits per heavy atom. The third kappa shape index (κ3) is 3.61. The molecule has 1 fully saturated rings. The van der Waals surface area contributed by atoms with E-state index in [-0.39, 0.29) is 12.0 Å². The van der Waals surface area contributed by atoms with Crippen molar-refractivity contribution in [2.75, 3.05) is 37.3 Å². The number of rotatable bonds is 4. The molecule has 1 unspecified atom stereocenters. The maximum absolute atomic E-state index is 12.5. The third-order valence-electron chi connectivity index (χ3n) is 3.04. The summed E-state index contributed by atoms with van der Waals surface area (Å²) in [5, 5.41) is 3.91. The molecule has 1 aromatic heterocycles. The van der Waals surface area contributed by atoms with E-state index >= 15 is 0 Å². The summed E-state index contributed by atoms with van der Waals surface area (Å²) < 4.78 is 5.44. The van der Waals surface area contributed by atoms with Gasteiger partial charge in [0.1, 0.15) is 10.7 Å². The van der Waals surface area contributed by atoms with Gasteiger partial charge in [-0.15, -0.1) is 0 Å². The van der Waals surface area contributed by atoms with Crippen LogP contribution in [0.1, 0.15) is 30.4 Å². The molecule has 1 aliphatic rings. The first-order valence-electron chi connectivity index (χ1n) is 6.88. The number of nitrogen functional groups attached to an aromatic ring is 1. The molecule has 0 aliphatic carbocycles. The quantitative estimate of drug-likeness (QED) is 0.883. The Balaban J connectivity index is 2.05. The molecular weight excluding hydrogens is 276 g/mol. The normalized spacial score (nSPS) is 19.4. The maximum atomic E-state index is 12.5. The Hall–Kier alpha value is -1.34. The highest BCUT2D eigenvalue weighted by molar-refractivity contribution is 7.18. The lowest BCUT2D eigenvalue weighted by molar-refractivity contribution is -0.0122. The number of thiazole rings is 1. The zero-order chi connectivity index (χ0) is 14.7. The summed E-state index contributed by atoms with van der Waals surface area (Å²) in [6.07, 6.45) is 0.0698. The van der Waals surface area contributed by atoms with Crippen LogP contribution in [0.5, 0.6) is 0 Å². The van der Waals surface area contributed by atoms with Gasteiger partial charge in [-0.2, -0.15) is 0 Å². The highest BCUT2D eigenvalue weighted by atomic mass is 32.1. The van der Waals surface area contributed by atoms with Crippen molar-refractivity contribution in [3.63, 3.8) is 0 Å². The largest absolute Gasteiger partial charge is 0.382 e. The summed E-state index contributed by atoms with van der Waals surface area (Å²) in [6, 6.07) is 0. The Bertz CT molecular complexity index is 475. The highest BCUT2D eigenvalue weighted by Crippen LogP contribution is 2.27. The molecule has 1 amide bonds. The summed E-state index contributed by atoms with van der Waals surface area (Å²) in [4.78, 5) is 19.0. The van der Waals surface area contributed by atoms with Crippen LogP contribution in [0.4, 0.5) is 10.9 Å². The van der Waals surface area contributed by atoms with Crippen LogP contribution in [0, 0.1) is 5.92 Å². The number of nitrogens with zero attached hydrogens (tertiary/aromatic N) is 2. The number of ether oxygens (including phenoxy) is 1. The first-order valence-corrected chi connectivity index (χ1v) is 7.70. The van der Waals surface area contributed by atoms with Gasteiger partial charge >= 0.3 is 0 Å². The van der Waals surface area contributed by atoms with Crippen LogP contribution in [0.3, 0.4) is 0 Å². The van der Waals surface area contributed by atoms with Gasteiger partial charge in [0.25, 0.3) is 5.91 Å². The SMILES string of the molecule is CC(C)CNc1nc(N)c(C(=O)N2CCOC(C)C2)s1. The van der Waals surface area contributed by atoms with E-state index in [9.17, 15) is 4.79 Å². The number of anilines is 2. The van der Waals surface area contributed by atoms with Crippen LogP contribution in [0.15, 0.2) is 0 Å². The predicted octanol–water partition coefficient (Wildman–Crippen LogP) is 1.65. The fraction of sp³-hybridized carbons (Fsp3) is 0.692. The van der Waals surface area contributed by atoms with Gasteiger partial charge in [-0.25, -0.2) is 4.98 Å². The summed E-state index contributed by atoms with van der Waals surface area (Å²) in [5.41, 5.74) is 5.87. The van der Waals surface area contributed by atoms with Gasteiger partial charge in [-0.05, 0) is 12.8 Å². The predicted molar refractivity (Wildman–Crippen MR) is 81.2 cm³/mol. The Labute approximate surface area is 123 Å². The monoisotopic (exact) mass is 298 g/mol. The lowest BCUT2D eigenvalue weighted by Gasteiger charge is -2.30.